The van der Waals surface area contributed by atoms with Crippen molar-refractivity contribution in [3.63, 3.8) is 0 Å². The van der Waals surface area contributed by atoms with Crippen molar-refractivity contribution >= 4 is 40.9 Å². The number of pyridine rings is 1. The van der Waals surface area contributed by atoms with Crippen molar-refractivity contribution in [3.8, 4) is 0 Å². The number of esters is 1. The average Bonchev–Trinajstić information content (AvgIpc) is 3.25. The quantitative estimate of drug-likeness (QED) is 0.155. The predicted octanol–water partition coefficient (Wildman–Crippen LogP) is 6.76. The molecule has 1 aromatic heterocycles. The number of benzene rings is 3. The van der Waals surface area contributed by atoms with Crippen LogP contribution in [0, 0.1) is 5.82 Å². The van der Waals surface area contributed by atoms with E-state index in [-0.39, 0.29) is 35.4 Å². The number of ether oxygens (including phenoxy) is 2. The molecular formula is C32H25Cl2FN2O5. The Kier molecular flexibility index (Phi) is 8.41. The number of methoxy groups -OCH3 is 1. The van der Waals surface area contributed by atoms with Gasteiger partial charge in [-0.25, -0.2) is 4.39 Å². The van der Waals surface area contributed by atoms with Gasteiger partial charge >= 0.3 is 5.97 Å². The standard InChI is InChI=1S/C32H25Cl2FN2O5/c1-3-42-28(38)18-27(19-7-11-22(33)12-8-19)37-31(40)24-16-20(30(39)26-6-4-5-15-36-26)17-25(35)29(24)32(37,41-2)21-9-13-23(34)14-10-21/h4-17,27H,3,18H2,1-2H3/t27-,32+/m0/s1. The molecule has 0 unspecified atom stereocenters. The van der Waals surface area contributed by atoms with Gasteiger partial charge in [0.15, 0.2) is 5.72 Å². The Labute approximate surface area is 251 Å². The highest BCUT2D eigenvalue weighted by molar-refractivity contribution is 6.30. The van der Waals surface area contributed by atoms with Crippen LogP contribution < -0.4 is 0 Å². The van der Waals surface area contributed by atoms with Gasteiger partial charge in [0.2, 0.25) is 5.78 Å². The SMILES string of the molecule is CCOC(=O)C[C@@H](c1ccc(Cl)cc1)N1C(=O)c2cc(C(=O)c3ccccn3)cc(F)c2[C@]1(OC)c1ccc(Cl)cc1. The third kappa shape index (κ3) is 5.17. The summed E-state index contributed by atoms with van der Waals surface area (Å²) in [5.41, 5.74) is -1.08. The number of halogens is 3. The van der Waals surface area contributed by atoms with Gasteiger partial charge in [-0.3, -0.25) is 24.3 Å². The van der Waals surface area contributed by atoms with E-state index in [9.17, 15) is 14.4 Å². The van der Waals surface area contributed by atoms with Crippen molar-refractivity contribution in [3.05, 3.63) is 134 Å². The number of hydrogen-bond donors (Lipinski definition) is 0. The van der Waals surface area contributed by atoms with Crippen LogP contribution in [-0.2, 0) is 20.0 Å². The van der Waals surface area contributed by atoms with Gasteiger partial charge in [0.25, 0.3) is 5.91 Å². The van der Waals surface area contributed by atoms with E-state index in [1.807, 2.05) is 0 Å². The third-order valence-corrected chi connectivity index (χ3v) is 7.64. The van der Waals surface area contributed by atoms with E-state index in [0.29, 0.717) is 21.2 Å². The molecule has 0 N–H and O–H groups in total. The number of ketones is 1. The van der Waals surface area contributed by atoms with Crippen molar-refractivity contribution in [1.29, 1.82) is 0 Å². The molecule has 0 saturated heterocycles. The van der Waals surface area contributed by atoms with Gasteiger partial charge in [-0.15, -0.1) is 0 Å². The molecule has 2 heterocycles. The monoisotopic (exact) mass is 606 g/mol. The van der Waals surface area contributed by atoms with Crippen LogP contribution >= 0.6 is 23.2 Å². The van der Waals surface area contributed by atoms with E-state index in [4.69, 9.17) is 32.7 Å². The molecule has 2 atom stereocenters. The zero-order valence-corrected chi connectivity index (χ0v) is 24.2. The lowest BCUT2D eigenvalue weighted by molar-refractivity contribution is -0.148. The molecule has 214 valence electrons. The van der Waals surface area contributed by atoms with Crippen LogP contribution in [0.15, 0.2) is 85.1 Å². The number of fused-ring (bicyclic) bond motifs is 1. The van der Waals surface area contributed by atoms with Crippen molar-refractivity contribution in [1.82, 2.24) is 9.88 Å². The second-order valence-corrected chi connectivity index (χ2v) is 10.4. The van der Waals surface area contributed by atoms with Crippen LogP contribution in [0.2, 0.25) is 10.0 Å². The van der Waals surface area contributed by atoms with Crippen molar-refractivity contribution in [2.75, 3.05) is 13.7 Å². The Balaban J connectivity index is 1.76. The highest BCUT2D eigenvalue weighted by atomic mass is 35.5. The fourth-order valence-electron chi connectivity index (χ4n) is 5.35. The summed E-state index contributed by atoms with van der Waals surface area (Å²) in [5.74, 6) is -2.63. The van der Waals surface area contributed by atoms with E-state index < -0.39 is 35.2 Å². The van der Waals surface area contributed by atoms with E-state index in [2.05, 4.69) is 4.98 Å². The summed E-state index contributed by atoms with van der Waals surface area (Å²) in [6, 6.07) is 19.3. The van der Waals surface area contributed by atoms with Crippen LogP contribution in [0.3, 0.4) is 0 Å². The van der Waals surface area contributed by atoms with Crippen LogP contribution in [0.4, 0.5) is 4.39 Å². The number of hydrogen-bond acceptors (Lipinski definition) is 6. The molecule has 4 aromatic rings. The first kappa shape index (κ1) is 29.4. The number of aromatic nitrogens is 1. The minimum Gasteiger partial charge on any atom is -0.466 e. The fourth-order valence-corrected chi connectivity index (χ4v) is 5.60. The molecule has 0 fully saturated rings. The normalized spacial score (nSPS) is 16.7. The first-order valence-electron chi connectivity index (χ1n) is 13.1. The smallest absolute Gasteiger partial charge is 0.308 e. The average molecular weight is 607 g/mol. The Hall–Kier alpha value is -4.11. The maximum absolute atomic E-state index is 16.4. The minimum absolute atomic E-state index is 0.0605. The number of carbonyl (C=O) groups is 3. The zero-order valence-electron chi connectivity index (χ0n) is 22.6. The van der Waals surface area contributed by atoms with E-state index >= 15 is 4.39 Å². The molecule has 1 aliphatic rings. The summed E-state index contributed by atoms with van der Waals surface area (Å²) in [6.07, 6.45) is 1.18. The van der Waals surface area contributed by atoms with Crippen molar-refractivity contribution < 1.29 is 28.2 Å². The number of rotatable bonds is 9. The second-order valence-electron chi connectivity index (χ2n) is 9.53. The number of nitrogens with zero attached hydrogens (tertiary/aromatic N) is 2. The highest BCUT2D eigenvalue weighted by Gasteiger charge is 2.56. The number of amides is 1. The molecule has 0 spiro atoms. The molecule has 0 radical (unpaired) electrons. The Morgan fingerprint density at radius 1 is 1.00 bits per heavy atom. The van der Waals surface area contributed by atoms with E-state index in [1.165, 1.54) is 30.3 Å². The largest absolute Gasteiger partial charge is 0.466 e. The molecule has 5 rings (SSSR count). The van der Waals surface area contributed by atoms with E-state index in [0.717, 1.165) is 6.07 Å². The van der Waals surface area contributed by atoms with Gasteiger partial charge in [-0.2, -0.15) is 0 Å². The molecule has 0 aliphatic carbocycles. The van der Waals surface area contributed by atoms with Gasteiger partial charge in [-0.1, -0.05) is 53.5 Å². The summed E-state index contributed by atoms with van der Waals surface area (Å²) in [6.45, 7) is 1.80. The Morgan fingerprint density at radius 3 is 2.26 bits per heavy atom. The minimum atomic E-state index is -1.84. The second kappa shape index (κ2) is 12.0. The summed E-state index contributed by atoms with van der Waals surface area (Å²) < 4.78 is 27.7. The maximum atomic E-state index is 16.4. The maximum Gasteiger partial charge on any atom is 0.308 e. The molecule has 0 bridgehead atoms. The molecule has 1 amide bonds. The van der Waals surface area contributed by atoms with Gasteiger partial charge in [0.1, 0.15) is 11.5 Å². The first-order chi connectivity index (χ1) is 20.2. The Bertz CT molecular complexity index is 1650. The summed E-state index contributed by atoms with van der Waals surface area (Å²) >= 11 is 12.3. The molecule has 7 nitrogen and oxygen atoms in total. The van der Waals surface area contributed by atoms with Crippen LogP contribution in [0.5, 0.6) is 0 Å². The molecule has 0 saturated carbocycles. The Morgan fingerprint density at radius 2 is 1.67 bits per heavy atom. The predicted molar refractivity (Wildman–Crippen MR) is 155 cm³/mol. The molecule has 10 heteroatoms. The number of carbonyl (C=O) groups excluding carboxylic acids is 3. The molecule has 3 aromatic carbocycles. The summed E-state index contributed by atoms with van der Waals surface area (Å²) in [7, 11) is 1.35. The van der Waals surface area contributed by atoms with Crippen molar-refractivity contribution in [2.45, 2.75) is 25.1 Å². The lowest BCUT2D eigenvalue weighted by atomic mass is 9.89. The van der Waals surface area contributed by atoms with E-state index in [1.54, 1.807) is 67.6 Å². The van der Waals surface area contributed by atoms with Crippen molar-refractivity contribution in [2.24, 2.45) is 0 Å². The lowest BCUT2D eigenvalue weighted by Gasteiger charge is -2.42. The molecular weight excluding hydrogens is 582 g/mol. The van der Waals surface area contributed by atoms with Gasteiger partial charge < -0.3 is 9.47 Å². The van der Waals surface area contributed by atoms with Crippen LogP contribution in [0.1, 0.15) is 62.5 Å². The van der Waals surface area contributed by atoms with Crippen LogP contribution in [-0.4, -0.2) is 41.3 Å². The summed E-state index contributed by atoms with van der Waals surface area (Å²) in [4.78, 5) is 46.0. The summed E-state index contributed by atoms with van der Waals surface area (Å²) in [5, 5.41) is 0.864. The molecule has 42 heavy (non-hydrogen) atoms. The molecule has 1 aliphatic heterocycles. The van der Waals surface area contributed by atoms with Gasteiger partial charge in [0, 0.05) is 34.5 Å². The lowest BCUT2D eigenvalue weighted by Crippen LogP contribution is -2.49. The topological polar surface area (TPSA) is 85.8 Å². The first-order valence-corrected chi connectivity index (χ1v) is 13.8. The van der Waals surface area contributed by atoms with Crippen LogP contribution in [0.25, 0.3) is 0 Å². The van der Waals surface area contributed by atoms with Gasteiger partial charge in [0.05, 0.1) is 30.2 Å². The third-order valence-electron chi connectivity index (χ3n) is 7.14. The highest BCUT2D eigenvalue weighted by Crippen LogP contribution is 2.51. The fraction of sp³-hybridized carbons (Fsp3) is 0.188. The zero-order chi connectivity index (χ0) is 30.0. The van der Waals surface area contributed by atoms with Gasteiger partial charge in [-0.05, 0) is 61.0 Å².